The first-order chi connectivity index (χ1) is 7.94. The Morgan fingerprint density at radius 2 is 2.12 bits per heavy atom. The van der Waals surface area contributed by atoms with Crippen LogP contribution in [0.25, 0.3) is 0 Å². The summed E-state index contributed by atoms with van der Waals surface area (Å²) in [7, 11) is -3.75. The largest absolute Gasteiger partial charge is 0.299 e. The van der Waals surface area contributed by atoms with Gasteiger partial charge in [-0.2, -0.15) is 13.1 Å². The molecule has 0 aromatic heterocycles. The maximum atomic E-state index is 11.4. The van der Waals surface area contributed by atoms with E-state index in [1.807, 2.05) is 0 Å². The number of nitrogens with one attached hydrogen (secondary N) is 2. The van der Waals surface area contributed by atoms with Crippen molar-refractivity contribution < 1.29 is 13.3 Å². The van der Waals surface area contributed by atoms with E-state index in [0.29, 0.717) is 0 Å². The highest BCUT2D eigenvalue weighted by atomic mass is 35.5. The molecule has 0 atom stereocenters. The molecule has 0 fully saturated rings. The van der Waals surface area contributed by atoms with E-state index in [1.54, 1.807) is 0 Å². The number of hydrogen-bond donors (Lipinski definition) is 2. The number of hydrogen-bond acceptors (Lipinski definition) is 4. The lowest BCUT2D eigenvalue weighted by Crippen LogP contribution is -2.31. The monoisotopic (exact) mass is 279 g/mol. The molecule has 0 aliphatic rings. The molecule has 0 bridgehead atoms. The fourth-order valence-corrected chi connectivity index (χ4v) is 2.13. The van der Waals surface area contributed by atoms with Gasteiger partial charge in [-0.25, -0.2) is 0 Å². The summed E-state index contributed by atoms with van der Waals surface area (Å²) in [6.45, 7) is 0.0752. The van der Waals surface area contributed by atoms with Gasteiger partial charge in [-0.05, 0) is 6.07 Å². The molecule has 9 heteroatoms. The van der Waals surface area contributed by atoms with Crippen molar-refractivity contribution in [2.45, 2.75) is 0 Å². The summed E-state index contributed by atoms with van der Waals surface area (Å²) in [5.41, 5.74) is -0.0798. The summed E-state index contributed by atoms with van der Waals surface area (Å²) in [6, 6.07) is 5.19. The first-order valence-electron chi connectivity index (χ1n) is 4.52. The number of rotatable bonds is 6. The van der Waals surface area contributed by atoms with Gasteiger partial charge in [0.05, 0.1) is 10.6 Å². The van der Waals surface area contributed by atoms with E-state index in [9.17, 15) is 18.5 Å². The lowest BCUT2D eigenvalue weighted by atomic mass is 10.3. The number of benzene rings is 1. The van der Waals surface area contributed by atoms with E-state index < -0.39 is 15.1 Å². The minimum Gasteiger partial charge on any atom is -0.271 e. The van der Waals surface area contributed by atoms with Crippen LogP contribution in [0.5, 0.6) is 0 Å². The number of anilines is 1. The molecule has 0 saturated carbocycles. The van der Waals surface area contributed by atoms with Crippen LogP contribution in [-0.2, 0) is 10.2 Å². The third-order valence-corrected chi connectivity index (χ3v) is 2.97. The van der Waals surface area contributed by atoms with E-state index in [2.05, 4.69) is 9.44 Å². The van der Waals surface area contributed by atoms with Crippen LogP contribution in [0.4, 0.5) is 11.4 Å². The van der Waals surface area contributed by atoms with Crippen LogP contribution in [0, 0.1) is 10.1 Å². The molecule has 0 unspecified atom stereocenters. The zero-order valence-corrected chi connectivity index (χ0v) is 10.2. The van der Waals surface area contributed by atoms with Gasteiger partial charge in [0.15, 0.2) is 0 Å². The number of nitrogens with zero attached hydrogens (tertiary/aromatic N) is 1. The van der Waals surface area contributed by atoms with Gasteiger partial charge in [-0.3, -0.25) is 14.8 Å². The van der Waals surface area contributed by atoms with Gasteiger partial charge in [-0.1, -0.05) is 6.07 Å². The predicted octanol–water partition coefficient (Wildman–Crippen LogP) is 1.08. The zero-order valence-electron chi connectivity index (χ0n) is 8.59. The van der Waals surface area contributed by atoms with E-state index in [-0.39, 0.29) is 23.8 Å². The summed E-state index contributed by atoms with van der Waals surface area (Å²) < 4.78 is 27.1. The Bertz CT molecular complexity index is 505. The summed E-state index contributed by atoms with van der Waals surface area (Å²) in [4.78, 5) is 9.88. The average molecular weight is 280 g/mol. The topological polar surface area (TPSA) is 101 Å². The summed E-state index contributed by atoms with van der Waals surface area (Å²) in [5, 5.41) is 10.5. The maximum absolute atomic E-state index is 11.4. The Hall–Kier alpha value is -1.38. The van der Waals surface area contributed by atoms with Gasteiger partial charge in [-0.15, -0.1) is 11.6 Å². The zero-order chi connectivity index (χ0) is 12.9. The van der Waals surface area contributed by atoms with Crippen LogP contribution >= 0.6 is 11.6 Å². The lowest BCUT2D eigenvalue weighted by molar-refractivity contribution is -0.384. The van der Waals surface area contributed by atoms with Crippen molar-refractivity contribution in [3.63, 3.8) is 0 Å². The highest BCUT2D eigenvalue weighted by Crippen LogP contribution is 2.17. The normalized spacial score (nSPS) is 11.1. The molecule has 17 heavy (non-hydrogen) atoms. The van der Waals surface area contributed by atoms with E-state index in [0.717, 1.165) is 6.07 Å². The molecule has 1 rings (SSSR count). The van der Waals surface area contributed by atoms with Crippen LogP contribution in [0.2, 0.25) is 0 Å². The van der Waals surface area contributed by atoms with Gasteiger partial charge in [0.25, 0.3) is 15.9 Å². The van der Waals surface area contributed by atoms with Crippen molar-refractivity contribution in [3.8, 4) is 0 Å². The van der Waals surface area contributed by atoms with Crippen LogP contribution in [0.15, 0.2) is 24.3 Å². The maximum Gasteiger partial charge on any atom is 0.299 e. The van der Waals surface area contributed by atoms with Gasteiger partial charge >= 0.3 is 0 Å². The molecule has 0 spiro atoms. The van der Waals surface area contributed by atoms with Gasteiger partial charge < -0.3 is 0 Å². The standard InChI is InChI=1S/C8H10ClN3O4S/c9-4-5-10-17(15,16)11-7-2-1-3-8(6-7)12(13)14/h1-3,6,10-11H,4-5H2. The molecule has 0 aliphatic heterocycles. The Morgan fingerprint density at radius 3 is 2.71 bits per heavy atom. The quantitative estimate of drug-likeness (QED) is 0.462. The van der Waals surface area contributed by atoms with Crippen molar-refractivity contribution >= 4 is 33.2 Å². The molecule has 0 radical (unpaired) electrons. The Morgan fingerprint density at radius 1 is 1.41 bits per heavy atom. The van der Waals surface area contributed by atoms with Crippen LogP contribution in [0.3, 0.4) is 0 Å². The molecule has 2 N–H and O–H groups in total. The second-order valence-corrected chi connectivity index (χ2v) is 4.87. The summed E-state index contributed by atoms with van der Waals surface area (Å²) in [5.74, 6) is 0.135. The summed E-state index contributed by atoms with van der Waals surface area (Å²) in [6.07, 6.45) is 0. The molecule has 7 nitrogen and oxygen atoms in total. The molecule has 0 saturated heterocycles. The summed E-state index contributed by atoms with van der Waals surface area (Å²) >= 11 is 5.33. The molecular formula is C8H10ClN3O4S. The fourth-order valence-electron chi connectivity index (χ4n) is 1.05. The molecule has 94 valence electrons. The third-order valence-electron chi connectivity index (χ3n) is 1.70. The minimum atomic E-state index is -3.75. The SMILES string of the molecule is O=[N+]([O-])c1cccc(NS(=O)(=O)NCCCl)c1. The highest BCUT2D eigenvalue weighted by Gasteiger charge is 2.11. The number of nitro benzene ring substituents is 1. The molecule has 0 aliphatic carbocycles. The third kappa shape index (κ3) is 4.55. The van der Waals surface area contributed by atoms with Crippen LogP contribution in [-0.4, -0.2) is 25.8 Å². The van der Waals surface area contributed by atoms with Crippen LogP contribution < -0.4 is 9.44 Å². The second-order valence-electron chi connectivity index (χ2n) is 3.00. The van der Waals surface area contributed by atoms with E-state index in [4.69, 9.17) is 11.6 Å². The number of alkyl halides is 1. The van der Waals surface area contributed by atoms with E-state index in [1.165, 1.54) is 18.2 Å². The van der Waals surface area contributed by atoms with Gasteiger partial charge in [0.2, 0.25) is 0 Å². The van der Waals surface area contributed by atoms with E-state index >= 15 is 0 Å². The van der Waals surface area contributed by atoms with Gasteiger partial charge in [0, 0.05) is 24.6 Å². The number of nitro groups is 1. The molecular weight excluding hydrogens is 270 g/mol. The number of non-ortho nitro benzene ring substituents is 1. The Balaban J connectivity index is 2.81. The Labute approximate surface area is 103 Å². The molecule has 1 aromatic rings. The second kappa shape index (κ2) is 5.80. The first kappa shape index (κ1) is 13.7. The molecule has 0 amide bonds. The average Bonchev–Trinajstić information content (AvgIpc) is 2.26. The molecule has 0 heterocycles. The van der Waals surface area contributed by atoms with Crippen molar-refractivity contribution in [3.05, 3.63) is 34.4 Å². The predicted molar refractivity (Wildman–Crippen MR) is 64.4 cm³/mol. The smallest absolute Gasteiger partial charge is 0.271 e. The lowest BCUT2D eigenvalue weighted by Gasteiger charge is -2.07. The molecule has 1 aromatic carbocycles. The first-order valence-corrected chi connectivity index (χ1v) is 6.54. The van der Waals surface area contributed by atoms with Crippen LogP contribution in [0.1, 0.15) is 0 Å². The highest BCUT2D eigenvalue weighted by molar-refractivity contribution is 7.90. The number of halogens is 1. The fraction of sp³-hybridized carbons (Fsp3) is 0.250. The minimum absolute atomic E-state index is 0.0752. The van der Waals surface area contributed by atoms with Crippen molar-refractivity contribution in [2.24, 2.45) is 0 Å². The van der Waals surface area contributed by atoms with Crippen molar-refractivity contribution in [1.29, 1.82) is 0 Å². The Kier molecular flexibility index (Phi) is 4.67. The van der Waals surface area contributed by atoms with Crippen molar-refractivity contribution in [1.82, 2.24) is 4.72 Å². The van der Waals surface area contributed by atoms with Gasteiger partial charge in [0.1, 0.15) is 0 Å². The van der Waals surface area contributed by atoms with Crippen molar-refractivity contribution in [2.75, 3.05) is 17.1 Å².